The van der Waals surface area contributed by atoms with E-state index in [2.05, 4.69) is 23.6 Å². The Morgan fingerprint density at radius 3 is 2.88 bits per heavy atom. The zero-order valence-corrected chi connectivity index (χ0v) is 10.8. The second-order valence-corrected chi connectivity index (χ2v) is 5.57. The average Bonchev–Trinajstić information content (AvgIpc) is 2.83. The van der Waals surface area contributed by atoms with E-state index in [1.165, 1.54) is 24.8 Å². The molecule has 0 spiro atoms. The van der Waals surface area contributed by atoms with Crippen LogP contribution in [0, 0.1) is 5.41 Å². The van der Waals surface area contributed by atoms with E-state index in [4.69, 9.17) is 0 Å². The lowest BCUT2D eigenvalue weighted by Crippen LogP contribution is -2.46. The molecule has 3 heteroatoms. The molecule has 2 rings (SSSR count). The van der Waals surface area contributed by atoms with Crippen LogP contribution in [0.15, 0.2) is 11.6 Å². The molecule has 1 amide bonds. The molecule has 0 bridgehead atoms. The molecule has 1 aliphatic heterocycles. The van der Waals surface area contributed by atoms with Gasteiger partial charge in [0, 0.05) is 12.0 Å². The summed E-state index contributed by atoms with van der Waals surface area (Å²) in [6.07, 6.45) is 9.05. The van der Waals surface area contributed by atoms with Crippen LogP contribution in [0.4, 0.5) is 0 Å². The lowest BCUT2D eigenvalue weighted by atomic mass is 9.80. The van der Waals surface area contributed by atoms with Gasteiger partial charge in [-0.2, -0.15) is 0 Å². The van der Waals surface area contributed by atoms with Gasteiger partial charge in [-0.3, -0.25) is 4.79 Å². The topological polar surface area (TPSA) is 41.1 Å². The summed E-state index contributed by atoms with van der Waals surface area (Å²) in [6, 6.07) is 0. The van der Waals surface area contributed by atoms with Crippen molar-refractivity contribution in [3.8, 4) is 0 Å². The van der Waals surface area contributed by atoms with Gasteiger partial charge in [0.15, 0.2) is 0 Å². The number of piperidine rings is 1. The monoisotopic (exact) mass is 236 g/mol. The van der Waals surface area contributed by atoms with Crippen LogP contribution in [0.3, 0.4) is 0 Å². The SMILES string of the molecule is CC1(C(=O)NCCC2=CCCC2)CCNCC1. The van der Waals surface area contributed by atoms with Gasteiger partial charge in [0.05, 0.1) is 0 Å². The van der Waals surface area contributed by atoms with E-state index in [-0.39, 0.29) is 11.3 Å². The highest BCUT2D eigenvalue weighted by molar-refractivity contribution is 5.82. The van der Waals surface area contributed by atoms with Crippen LogP contribution in [0.2, 0.25) is 0 Å². The number of carbonyl (C=O) groups excluding carboxylic acids is 1. The predicted octanol–water partition coefficient (Wildman–Crippen LogP) is 1.99. The van der Waals surface area contributed by atoms with Crippen LogP contribution in [0.5, 0.6) is 0 Å². The fraction of sp³-hybridized carbons (Fsp3) is 0.786. The van der Waals surface area contributed by atoms with Crippen molar-refractivity contribution in [1.29, 1.82) is 0 Å². The van der Waals surface area contributed by atoms with E-state index in [0.29, 0.717) is 0 Å². The second-order valence-electron chi connectivity index (χ2n) is 5.57. The highest BCUT2D eigenvalue weighted by atomic mass is 16.2. The summed E-state index contributed by atoms with van der Waals surface area (Å²) in [5, 5.41) is 6.42. The van der Waals surface area contributed by atoms with Crippen LogP contribution in [0.1, 0.15) is 45.4 Å². The number of rotatable bonds is 4. The molecule has 0 aromatic carbocycles. The third-order valence-electron chi connectivity index (χ3n) is 4.12. The van der Waals surface area contributed by atoms with Gasteiger partial charge in [-0.25, -0.2) is 0 Å². The van der Waals surface area contributed by atoms with Crippen molar-refractivity contribution in [1.82, 2.24) is 10.6 Å². The molecule has 96 valence electrons. The van der Waals surface area contributed by atoms with Crippen LogP contribution >= 0.6 is 0 Å². The Labute approximate surface area is 104 Å². The molecule has 0 aromatic heterocycles. The first-order valence-corrected chi connectivity index (χ1v) is 6.88. The molecule has 0 saturated carbocycles. The molecule has 0 radical (unpaired) electrons. The second kappa shape index (κ2) is 5.67. The zero-order chi connectivity index (χ0) is 12.1. The predicted molar refractivity (Wildman–Crippen MR) is 69.8 cm³/mol. The molecule has 1 heterocycles. The average molecular weight is 236 g/mol. The third kappa shape index (κ3) is 3.32. The first-order valence-electron chi connectivity index (χ1n) is 6.88. The van der Waals surface area contributed by atoms with Crippen molar-refractivity contribution in [3.05, 3.63) is 11.6 Å². The van der Waals surface area contributed by atoms with Gasteiger partial charge >= 0.3 is 0 Å². The minimum absolute atomic E-state index is 0.144. The smallest absolute Gasteiger partial charge is 0.226 e. The summed E-state index contributed by atoms with van der Waals surface area (Å²) in [6.45, 7) is 4.84. The molecular formula is C14H24N2O. The van der Waals surface area contributed by atoms with Gasteiger partial charge in [-0.1, -0.05) is 18.6 Å². The summed E-state index contributed by atoms with van der Waals surface area (Å²) >= 11 is 0. The summed E-state index contributed by atoms with van der Waals surface area (Å²) in [7, 11) is 0. The summed E-state index contributed by atoms with van der Waals surface area (Å²) in [5.74, 6) is 0.248. The summed E-state index contributed by atoms with van der Waals surface area (Å²) in [4.78, 5) is 12.1. The summed E-state index contributed by atoms with van der Waals surface area (Å²) in [5.41, 5.74) is 1.38. The van der Waals surface area contributed by atoms with Crippen molar-refractivity contribution in [2.45, 2.75) is 45.4 Å². The van der Waals surface area contributed by atoms with E-state index < -0.39 is 0 Å². The van der Waals surface area contributed by atoms with Crippen LogP contribution < -0.4 is 10.6 Å². The number of hydrogen-bond donors (Lipinski definition) is 2. The van der Waals surface area contributed by atoms with Crippen molar-refractivity contribution in [2.24, 2.45) is 5.41 Å². The minimum Gasteiger partial charge on any atom is -0.355 e. The van der Waals surface area contributed by atoms with Crippen molar-refractivity contribution in [3.63, 3.8) is 0 Å². The van der Waals surface area contributed by atoms with E-state index in [1.807, 2.05) is 0 Å². The van der Waals surface area contributed by atoms with Crippen LogP contribution in [0.25, 0.3) is 0 Å². The highest BCUT2D eigenvalue weighted by Crippen LogP contribution is 2.28. The van der Waals surface area contributed by atoms with E-state index in [1.54, 1.807) is 0 Å². The number of amides is 1. The Morgan fingerprint density at radius 2 is 2.24 bits per heavy atom. The normalized spacial score (nSPS) is 23.2. The lowest BCUT2D eigenvalue weighted by Gasteiger charge is -2.32. The molecule has 1 saturated heterocycles. The Morgan fingerprint density at radius 1 is 1.47 bits per heavy atom. The van der Waals surface area contributed by atoms with Crippen LogP contribution in [-0.2, 0) is 4.79 Å². The number of allylic oxidation sites excluding steroid dienone is 1. The minimum atomic E-state index is -0.144. The quantitative estimate of drug-likeness (QED) is 0.733. The fourth-order valence-electron chi connectivity index (χ4n) is 2.72. The van der Waals surface area contributed by atoms with Crippen molar-refractivity contribution < 1.29 is 4.79 Å². The first-order chi connectivity index (χ1) is 8.21. The largest absolute Gasteiger partial charge is 0.355 e. The Kier molecular flexibility index (Phi) is 4.21. The number of hydrogen-bond acceptors (Lipinski definition) is 2. The molecule has 2 aliphatic rings. The molecule has 0 unspecified atom stereocenters. The van der Waals surface area contributed by atoms with Gasteiger partial charge in [0.1, 0.15) is 0 Å². The molecule has 3 nitrogen and oxygen atoms in total. The van der Waals surface area contributed by atoms with Crippen molar-refractivity contribution >= 4 is 5.91 Å². The third-order valence-corrected chi connectivity index (χ3v) is 4.12. The Hall–Kier alpha value is -0.830. The van der Waals surface area contributed by atoms with E-state index >= 15 is 0 Å². The van der Waals surface area contributed by atoms with E-state index in [0.717, 1.165) is 38.9 Å². The van der Waals surface area contributed by atoms with E-state index in [9.17, 15) is 4.79 Å². The fourth-order valence-corrected chi connectivity index (χ4v) is 2.72. The van der Waals surface area contributed by atoms with Gasteiger partial charge in [-0.15, -0.1) is 0 Å². The Bertz CT molecular complexity index is 303. The Balaban J connectivity index is 1.72. The summed E-state index contributed by atoms with van der Waals surface area (Å²) < 4.78 is 0. The molecule has 1 aliphatic carbocycles. The molecule has 2 N–H and O–H groups in total. The molecule has 1 fully saturated rings. The molecule has 17 heavy (non-hydrogen) atoms. The lowest BCUT2D eigenvalue weighted by molar-refractivity contribution is -0.131. The van der Waals surface area contributed by atoms with Gasteiger partial charge in [0.2, 0.25) is 5.91 Å². The zero-order valence-electron chi connectivity index (χ0n) is 10.8. The molecule has 0 aromatic rings. The highest BCUT2D eigenvalue weighted by Gasteiger charge is 2.34. The first kappa shape index (κ1) is 12.6. The maximum Gasteiger partial charge on any atom is 0.226 e. The maximum absolute atomic E-state index is 12.1. The number of nitrogens with one attached hydrogen (secondary N) is 2. The van der Waals surface area contributed by atoms with Crippen molar-refractivity contribution in [2.75, 3.05) is 19.6 Å². The van der Waals surface area contributed by atoms with Crippen LogP contribution in [-0.4, -0.2) is 25.5 Å². The van der Waals surface area contributed by atoms with Gasteiger partial charge in [0.25, 0.3) is 0 Å². The standard InChI is InChI=1S/C14H24N2O/c1-14(7-10-15-11-8-14)13(17)16-9-6-12-4-2-3-5-12/h4,15H,2-3,5-11H2,1H3,(H,16,17). The molecular weight excluding hydrogens is 212 g/mol. The van der Waals surface area contributed by atoms with Gasteiger partial charge in [-0.05, 0) is 51.6 Å². The van der Waals surface area contributed by atoms with Gasteiger partial charge < -0.3 is 10.6 Å². The molecule has 0 atom stereocenters. The number of carbonyl (C=O) groups is 1. The maximum atomic E-state index is 12.1.